The van der Waals surface area contributed by atoms with Crippen molar-refractivity contribution in [2.24, 2.45) is 0 Å². The highest BCUT2D eigenvalue weighted by Crippen LogP contribution is 2.34. The lowest BCUT2D eigenvalue weighted by Crippen LogP contribution is -3.10. The van der Waals surface area contributed by atoms with Gasteiger partial charge in [-0.1, -0.05) is 0 Å². The number of esters is 1. The predicted molar refractivity (Wildman–Crippen MR) is 100 cm³/mol. The van der Waals surface area contributed by atoms with Crippen molar-refractivity contribution in [3.05, 3.63) is 62.9 Å². The molecule has 1 aliphatic rings. The summed E-state index contributed by atoms with van der Waals surface area (Å²) in [7, 11) is 1.30. The first-order valence-electron chi connectivity index (χ1n) is 9.12. The van der Waals surface area contributed by atoms with Crippen molar-refractivity contribution in [3.8, 4) is 5.75 Å². The number of rotatable bonds is 4. The van der Waals surface area contributed by atoms with Crippen LogP contribution in [0.2, 0.25) is 0 Å². The van der Waals surface area contributed by atoms with E-state index in [1.54, 1.807) is 6.26 Å². The van der Waals surface area contributed by atoms with Gasteiger partial charge in [0.05, 0.1) is 25.4 Å². The van der Waals surface area contributed by atoms with Crippen LogP contribution in [0.4, 0.5) is 0 Å². The highest BCUT2D eigenvalue weighted by molar-refractivity contribution is 5.88. The van der Waals surface area contributed by atoms with Crippen LogP contribution < -0.4 is 15.3 Å². The zero-order chi connectivity index (χ0) is 19.8. The van der Waals surface area contributed by atoms with Crippen LogP contribution in [0.25, 0.3) is 11.0 Å². The molecule has 0 fully saturated rings. The van der Waals surface area contributed by atoms with Crippen LogP contribution in [0.1, 0.15) is 28.0 Å². The molecule has 0 saturated heterocycles. The van der Waals surface area contributed by atoms with Crippen LogP contribution >= 0.6 is 0 Å². The number of carbonyl (C=O) groups excluding carboxylic acids is 1. The summed E-state index contributed by atoms with van der Waals surface area (Å²) in [5, 5.41) is 0.817. The molecule has 28 heavy (non-hydrogen) atoms. The molecule has 0 saturated carbocycles. The SMILES string of the molecule is COC(=O)Cc1c(C)c2cc3c(c(C)c2oc1=O)OC[NH+](Cc1ccco1)C3. The molecular weight excluding hydrogens is 362 g/mol. The average molecular weight is 384 g/mol. The molecule has 1 N–H and O–H groups in total. The number of benzene rings is 1. The second-order valence-corrected chi connectivity index (χ2v) is 7.08. The van der Waals surface area contributed by atoms with E-state index in [1.807, 2.05) is 32.0 Å². The molecule has 1 unspecified atom stereocenters. The van der Waals surface area contributed by atoms with Crippen LogP contribution in [0, 0.1) is 13.8 Å². The summed E-state index contributed by atoms with van der Waals surface area (Å²) in [6.07, 6.45) is 1.56. The van der Waals surface area contributed by atoms with Crippen molar-refractivity contribution >= 4 is 16.9 Å². The van der Waals surface area contributed by atoms with Gasteiger partial charge in [0.15, 0.2) is 5.76 Å². The molecule has 1 aromatic carbocycles. The summed E-state index contributed by atoms with van der Waals surface area (Å²) >= 11 is 0. The van der Waals surface area contributed by atoms with E-state index in [-0.39, 0.29) is 6.42 Å². The standard InChI is InChI=1S/C21H21NO6/c1-12-16-7-14-9-22(10-15-5-4-6-26-15)11-27-19(14)13(2)20(16)28-21(24)17(12)8-18(23)25-3/h4-7H,8-11H2,1-3H3/p+1. The molecule has 2 aromatic heterocycles. The van der Waals surface area contributed by atoms with Gasteiger partial charge in [-0.2, -0.15) is 0 Å². The minimum absolute atomic E-state index is 0.108. The number of aryl methyl sites for hydroxylation is 2. The Balaban J connectivity index is 1.76. The highest BCUT2D eigenvalue weighted by Gasteiger charge is 2.26. The number of hydrogen-bond donors (Lipinski definition) is 1. The van der Waals surface area contributed by atoms with Crippen LogP contribution in [0.5, 0.6) is 5.75 Å². The van der Waals surface area contributed by atoms with Gasteiger partial charge in [0.2, 0.25) is 6.73 Å². The zero-order valence-electron chi connectivity index (χ0n) is 16.1. The summed E-state index contributed by atoms with van der Waals surface area (Å²) < 4.78 is 21.7. The molecule has 3 heterocycles. The smallest absolute Gasteiger partial charge is 0.340 e. The first-order chi connectivity index (χ1) is 13.5. The molecule has 0 bridgehead atoms. The normalized spacial score (nSPS) is 15.9. The maximum absolute atomic E-state index is 12.4. The molecule has 146 valence electrons. The largest absolute Gasteiger partial charge is 0.469 e. The van der Waals surface area contributed by atoms with Crippen LogP contribution in [-0.4, -0.2) is 19.8 Å². The van der Waals surface area contributed by atoms with E-state index >= 15 is 0 Å². The summed E-state index contributed by atoms with van der Waals surface area (Å²) in [4.78, 5) is 25.3. The molecule has 3 aromatic rings. The van der Waals surface area contributed by atoms with Crippen molar-refractivity contribution in [1.82, 2.24) is 0 Å². The second-order valence-electron chi connectivity index (χ2n) is 7.08. The molecule has 0 radical (unpaired) electrons. The maximum Gasteiger partial charge on any atom is 0.340 e. The average Bonchev–Trinajstić information content (AvgIpc) is 3.19. The van der Waals surface area contributed by atoms with Crippen molar-refractivity contribution in [2.45, 2.75) is 33.4 Å². The van der Waals surface area contributed by atoms with Crippen molar-refractivity contribution in [3.63, 3.8) is 0 Å². The number of ether oxygens (including phenoxy) is 2. The zero-order valence-corrected chi connectivity index (χ0v) is 16.1. The van der Waals surface area contributed by atoms with E-state index in [1.165, 1.54) is 12.0 Å². The van der Waals surface area contributed by atoms with Gasteiger partial charge >= 0.3 is 11.6 Å². The van der Waals surface area contributed by atoms with Gasteiger partial charge in [-0.05, 0) is 37.6 Å². The van der Waals surface area contributed by atoms with Gasteiger partial charge in [0.25, 0.3) is 0 Å². The first kappa shape index (κ1) is 18.3. The van der Waals surface area contributed by atoms with E-state index in [0.29, 0.717) is 17.9 Å². The molecule has 1 atom stereocenters. The Bertz CT molecular complexity index is 1100. The molecule has 0 aliphatic carbocycles. The number of methoxy groups -OCH3 is 1. The van der Waals surface area contributed by atoms with Crippen molar-refractivity contribution < 1.29 is 28.0 Å². The number of nitrogens with one attached hydrogen (secondary N) is 1. The molecule has 0 spiro atoms. The Morgan fingerprint density at radius 2 is 2.11 bits per heavy atom. The molecule has 4 rings (SSSR count). The van der Waals surface area contributed by atoms with Gasteiger partial charge in [-0.15, -0.1) is 0 Å². The lowest BCUT2D eigenvalue weighted by molar-refractivity contribution is -0.946. The van der Waals surface area contributed by atoms with Gasteiger partial charge < -0.3 is 18.3 Å². The predicted octanol–water partition coefficient (Wildman–Crippen LogP) is 1.65. The van der Waals surface area contributed by atoms with E-state index in [2.05, 4.69) is 0 Å². The lowest BCUT2D eigenvalue weighted by atomic mass is 9.98. The van der Waals surface area contributed by atoms with E-state index in [4.69, 9.17) is 18.3 Å². The van der Waals surface area contributed by atoms with E-state index in [9.17, 15) is 9.59 Å². The van der Waals surface area contributed by atoms with Crippen LogP contribution in [-0.2, 0) is 29.0 Å². The Morgan fingerprint density at radius 1 is 1.29 bits per heavy atom. The third-order valence-electron chi connectivity index (χ3n) is 5.25. The van der Waals surface area contributed by atoms with E-state index < -0.39 is 11.6 Å². The molecule has 0 amide bonds. The van der Waals surface area contributed by atoms with Gasteiger partial charge in [0.1, 0.15) is 24.4 Å². The molecule has 7 heteroatoms. The highest BCUT2D eigenvalue weighted by atomic mass is 16.5. The number of hydrogen-bond acceptors (Lipinski definition) is 6. The fourth-order valence-electron chi connectivity index (χ4n) is 3.75. The summed E-state index contributed by atoms with van der Waals surface area (Å²) in [5.74, 6) is 1.20. The Morgan fingerprint density at radius 3 is 2.82 bits per heavy atom. The second kappa shape index (κ2) is 7.16. The van der Waals surface area contributed by atoms with Gasteiger partial charge in [-0.25, -0.2) is 4.79 Å². The van der Waals surface area contributed by atoms with Crippen LogP contribution in [0.15, 0.2) is 38.1 Å². The van der Waals surface area contributed by atoms with Gasteiger partial charge in [0, 0.05) is 16.5 Å². The summed E-state index contributed by atoms with van der Waals surface area (Å²) in [5.41, 5.74) is 2.90. The quantitative estimate of drug-likeness (QED) is 0.544. The molecule has 1 aliphatic heterocycles. The van der Waals surface area contributed by atoms with Crippen LogP contribution in [0.3, 0.4) is 0 Å². The fraction of sp³-hybridized carbons (Fsp3) is 0.333. The molecule has 7 nitrogen and oxygen atoms in total. The topological polar surface area (TPSA) is 83.3 Å². The monoisotopic (exact) mass is 384 g/mol. The van der Waals surface area contributed by atoms with Gasteiger partial charge in [-0.3, -0.25) is 9.69 Å². The van der Waals surface area contributed by atoms with Crippen molar-refractivity contribution in [1.29, 1.82) is 0 Å². The number of furan rings is 1. The number of fused-ring (bicyclic) bond motifs is 2. The minimum atomic E-state index is -0.515. The number of carbonyl (C=O) groups is 1. The lowest BCUT2D eigenvalue weighted by Gasteiger charge is -2.27. The summed E-state index contributed by atoms with van der Waals surface area (Å²) in [6.45, 7) is 5.71. The Kier molecular flexibility index (Phi) is 4.68. The van der Waals surface area contributed by atoms with Crippen molar-refractivity contribution in [2.75, 3.05) is 13.8 Å². The minimum Gasteiger partial charge on any atom is -0.469 e. The third-order valence-corrected chi connectivity index (χ3v) is 5.25. The first-order valence-corrected chi connectivity index (χ1v) is 9.12. The number of quaternary nitrogens is 1. The van der Waals surface area contributed by atoms with E-state index in [0.717, 1.165) is 46.7 Å². The Labute approximate surface area is 161 Å². The maximum atomic E-state index is 12.4. The molecular formula is C21H22NO6+. The fourth-order valence-corrected chi connectivity index (χ4v) is 3.75. The summed E-state index contributed by atoms with van der Waals surface area (Å²) in [6, 6.07) is 5.82. The third kappa shape index (κ3) is 3.18. The Hall–Kier alpha value is -3.06.